The summed E-state index contributed by atoms with van der Waals surface area (Å²) in [6.07, 6.45) is 4.37. The van der Waals surface area contributed by atoms with E-state index in [2.05, 4.69) is 14.9 Å². The van der Waals surface area contributed by atoms with Gasteiger partial charge in [-0.2, -0.15) is 0 Å². The molecule has 0 aromatic carbocycles. The maximum absolute atomic E-state index is 5.45. The first-order valence-corrected chi connectivity index (χ1v) is 5.34. The van der Waals surface area contributed by atoms with Gasteiger partial charge >= 0.3 is 0 Å². The summed E-state index contributed by atoms with van der Waals surface area (Å²) in [6.45, 7) is 4.00. The van der Waals surface area contributed by atoms with Crippen molar-refractivity contribution in [2.75, 3.05) is 19.7 Å². The molecule has 0 spiro atoms. The Labute approximate surface area is 83.3 Å². The minimum Gasteiger partial charge on any atom is -0.476 e. The van der Waals surface area contributed by atoms with Crippen LogP contribution in [0.4, 0.5) is 0 Å². The molecule has 1 atom stereocenters. The van der Waals surface area contributed by atoms with Crippen LogP contribution in [0, 0.1) is 0 Å². The van der Waals surface area contributed by atoms with Crippen molar-refractivity contribution in [1.82, 2.24) is 14.9 Å². The molecule has 0 radical (unpaired) electrons. The van der Waals surface area contributed by atoms with E-state index in [9.17, 15) is 0 Å². The number of imidazole rings is 1. The van der Waals surface area contributed by atoms with E-state index in [0.717, 1.165) is 32.1 Å². The summed E-state index contributed by atoms with van der Waals surface area (Å²) in [6, 6.07) is 0. The maximum Gasteiger partial charge on any atom is 0.214 e. The first kappa shape index (κ1) is 8.29. The first-order chi connectivity index (χ1) is 6.95. The van der Waals surface area contributed by atoms with Crippen LogP contribution in [0.2, 0.25) is 0 Å². The minimum atomic E-state index is 0.583. The predicted molar refractivity (Wildman–Crippen MR) is 52.6 cm³/mol. The monoisotopic (exact) mass is 193 g/mol. The van der Waals surface area contributed by atoms with E-state index in [-0.39, 0.29) is 0 Å². The molecule has 1 unspecified atom stereocenters. The molecule has 1 aromatic rings. The van der Waals surface area contributed by atoms with Crippen molar-refractivity contribution in [2.24, 2.45) is 0 Å². The van der Waals surface area contributed by atoms with Crippen molar-refractivity contribution in [2.45, 2.75) is 25.3 Å². The summed E-state index contributed by atoms with van der Waals surface area (Å²) in [5.41, 5.74) is 0. The van der Waals surface area contributed by atoms with Gasteiger partial charge in [0.25, 0.3) is 0 Å². The van der Waals surface area contributed by atoms with Crippen molar-refractivity contribution in [3.63, 3.8) is 0 Å². The number of hydrogen-bond acceptors (Lipinski definition) is 3. The first-order valence-electron chi connectivity index (χ1n) is 5.34. The van der Waals surface area contributed by atoms with Crippen LogP contribution in [0.5, 0.6) is 5.88 Å². The summed E-state index contributed by atoms with van der Waals surface area (Å²) in [4.78, 5) is 4.46. The lowest BCUT2D eigenvalue weighted by Gasteiger charge is -2.22. The fourth-order valence-electron chi connectivity index (χ4n) is 2.35. The van der Waals surface area contributed by atoms with Crippen molar-refractivity contribution in [3.8, 4) is 5.88 Å². The van der Waals surface area contributed by atoms with Gasteiger partial charge in [-0.1, -0.05) is 0 Å². The van der Waals surface area contributed by atoms with Gasteiger partial charge in [0, 0.05) is 12.5 Å². The molecule has 4 heteroatoms. The van der Waals surface area contributed by atoms with Gasteiger partial charge < -0.3 is 10.1 Å². The van der Waals surface area contributed by atoms with Crippen LogP contribution in [0.15, 0.2) is 6.20 Å². The standard InChI is InChI=1S/C10H15N3O/c1-2-8(6-11-3-1)10-12-7-9-13(10)4-5-14-9/h7-8,11H,1-6H2. The average Bonchev–Trinajstić information content (AvgIpc) is 2.79. The third kappa shape index (κ3) is 1.21. The van der Waals surface area contributed by atoms with Crippen LogP contribution in [-0.4, -0.2) is 29.2 Å². The van der Waals surface area contributed by atoms with E-state index in [4.69, 9.17) is 4.74 Å². The highest BCUT2D eigenvalue weighted by Gasteiger charge is 2.24. The second-order valence-corrected chi connectivity index (χ2v) is 4.00. The molecule has 3 heterocycles. The molecule has 3 rings (SSSR count). The Kier molecular flexibility index (Phi) is 1.94. The summed E-state index contributed by atoms with van der Waals surface area (Å²) >= 11 is 0. The zero-order chi connectivity index (χ0) is 9.38. The lowest BCUT2D eigenvalue weighted by Crippen LogP contribution is -2.29. The highest BCUT2D eigenvalue weighted by Crippen LogP contribution is 2.28. The third-order valence-corrected chi connectivity index (χ3v) is 3.08. The Balaban J connectivity index is 1.88. The molecular formula is C10H15N3O. The fourth-order valence-corrected chi connectivity index (χ4v) is 2.35. The lowest BCUT2D eigenvalue weighted by atomic mass is 9.99. The van der Waals surface area contributed by atoms with E-state index in [1.807, 2.05) is 6.20 Å². The number of hydrogen-bond donors (Lipinski definition) is 1. The molecule has 1 aromatic heterocycles. The molecule has 1 N–H and O–H groups in total. The minimum absolute atomic E-state index is 0.583. The Morgan fingerprint density at radius 3 is 3.43 bits per heavy atom. The molecule has 1 saturated heterocycles. The molecule has 0 aliphatic carbocycles. The number of nitrogens with zero attached hydrogens (tertiary/aromatic N) is 2. The van der Waals surface area contributed by atoms with Gasteiger partial charge in [-0.15, -0.1) is 0 Å². The summed E-state index contributed by atoms with van der Waals surface area (Å²) in [7, 11) is 0. The van der Waals surface area contributed by atoms with Crippen LogP contribution < -0.4 is 10.1 Å². The number of piperidine rings is 1. The topological polar surface area (TPSA) is 39.1 Å². The zero-order valence-corrected chi connectivity index (χ0v) is 8.20. The van der Waals surface area contributed by atoms with E-state index in [1.54, 1.807) is 0 Å². The fraction of sp³-hybridized carbons (Fsp3) is 0.700. The number of nitrogens with one attached hydrogen (secondary N) is 1. The Morgan fingerprint density at radius 2 is 2.57 bits per heavy atom. The molecule has 76 valence electrons. The molecule has 0 amide bonds. The van der Waals surface area contributed by atoms with Crippen molar-refractivity contribution in [1.29, 1.82) is 0 Å². The van der Waals surface area contributed by atoms with E-state index >= 15 is 0 Å². The van der Waals surface area contributed by atoms with Crippen LogP contribution in [0.25, 0.3) is 0 Å². The average molecular weight is 193 g/mol. The Hall–Kier alpha value is -1.03. The van der Waals surface area contributed by atoms with Crippen LogP contribution in [-0.2, 0) is 6.54 Å². The summed E-state index contributed by atoms with van der Waals surface area (Å²) < 4.78 is 7.67. The van der Waals surface area contributed by atoms with E-state index in [1.165, 1.54) is 18.7 Å². The van der Waals surface area contributed by atoms with Gasteiger partial charge in [0.1, 0.15) is 12.4 Å². The van der Waals surface area contributed by atoms with Gasteiger partial charge in [-0.25, -0.2) is 4.98 Å². The number of rotatable bonds is 1. The van der Waals surface area contributed by atoms with E-state index in [0.29, 0.717) is 5.92 Å². The zero-order valence-electron chi connectivity index (χ0n) is 8.20. The van der Waals surface area contributed by atoms with E-state index < -0.39 is 0 Å². The third-order valence-electron chi connectivity index (χ3n) is 3.08. The number of ether oxygens (including phenoxy) is 1. The molecule has 2 aliphatic heterocycles. The smallest absolute Gasteiger partial charge is 0.214 e. The molecule has 0 bridgehead atoms. The van der Waals surface area contributed by atoms with Crippen LogP contribution in [0.1, 0.15) is 24.6 Å². The predicted octanol–water partition coefficient (Wildman–Crippen LogP) is 0.742. The lowest BCUT2D eigenvalue weighted by molar-refractivity contribution is 0.355. The van der Waals surface area contributed by atoms with Crippen molar-refractivity contribution in [3.05, 3.63) is 12.0 Å². The molecular weight excluding hydrogens is 178 g/mol. The summed E-state index contributed by atoms with van der Waals surface area (Å²) in [5.74, 6) is 2.74. The summed E-state index contributed by atoms with van der Waals surface area (Å²) in [5, 5.41) is 3.42. The van der Waals surface area contributed by atoms with Crippen LogP contribution >= 0.6 is 0 Å². The van der Waals surface area contributed by atoms with Gasteiger partial charge in [-0.05, 0) is 19.4 Å². The second kappa shape index (κ2) is 3.28. The Bertz CT molecular complexity index is 328. The number of aromatic nitrogens is 2. The molecule has 4 nitrogen and oxygen atoms in total. The highest BCUT2D eigenvalue weighted by atomic mass is 16.5. The molecule has 1 fully saturated rings. The largest absolute Gasteiger partial charge is 0.476 e. The van der Waals surface area contributed by atoms with Crippen LogP contribution in [0.3, 0.4) is 0 Å². The number of fused-ring (bicyclic) bond motifs is 1. The molecule has 2 aliphatic rings. The Morgan fingerprint density at radius 1 is 1.57 bits per heavy atom. The molecule has 14 heavy (non-hydrogen) atoms. The normalized spacial score (nSPS) is 25.9. The highest BCUT2D eigenvalue weighted by molar-refractivity contribution is 5.17. The van der Waals surface area contributed by atoms with Crippen molar-refractivity contribution >= 4 is 0 Å². The quantitative estimate of drug-likeness (QED) is 0.715. The molecule has 0 saturated carbocycles. The van der Waals surface area contributed by atoms with Gasteiger partial charge in [0.15, 0.2) is 0 Å². The second-order valence-electron chi connectivity index (χ2n) is 4.00. The van der Waals surface area contributed by atoms with Gasteiger partial charge in [0.2, 0.25) is 5.88 Å². The van der Waals surface area contributed by atoms with Gasteiger partial charge in [0.05, 0.1) is 12.7 Å². The van der Waals surface area contributed by atoms with Gasteiger partial charge in [-0.3, -0.25) is 4.57 Å². The van der Waals surface area contributed by atoms with Crippen molar-refractivity contribution < 1.29 is 4.74 Å². The maximum atomic E-state index is 5.45. The SMILES string of the molecule is c1nc(C2CCCNC2)n2c1OCC2.